The second-order valence-corrected chi connectivity index (χ2v) is 4.38. The number of halogens is 3. The summed E-state index contributed by atoms with van der Waals surface area (Å²) in [4.78, 5) is 0. The lowest BCUT2D eigenvalue weighted by atomic mass is 10.0. The van der Waals surface area contributed by atoms with Gasteiger partial charge in [0.25, 0.3) is 0 Å². The molecule has 0 amide bonds. The van der Waals surface area contributed by atoms with Gasteiger partial charge in [0.05, 0.1) is 11.1 Å². The van der Waals surface area contributed by atoms with Crippen LogP contribution < -0.4 is 0 Å². The van der Waals surface area contributed by atoms with Gasteiger partial charge in [-0.1, -0.05) is 29.8 Å². The second-order valence-electron chi connectivity index (χ2n) is 4.38. The Morgan fingerprint density at radius 1 is 1.05 bits per heavy atom. The Hall–Kier alpha value is -2.30. The highest BCUT2D eigenvalue weighted by molar-refractivity contribution is 5.79. The molecular formula is C15H12F3NO. The molecular weight excluding hydrogens is 267 g/mol. The van der Waals surface area contributed by atoms with Crippen molar-refractivity contribution in [3.8, 4) is 0 Å². The number of benzene rings is 2. The third-order valence-corrected chi connectivity index (χ3v) is 2.78. The van der Waals surface area contributed by atoms with Crippen molar-refractivity contribution < 1.29 is 17.9 Å². The molecule has 0 atom stereocenters. The van der Waals surface area contributed by atoms with E-state index in [-0.39, 0.29) is 11.3 Å². The fourth-order valence-electron chi connectivity index (χ4n) is 1.80. The van der Waals surface area contributed by atoms with Crippen molar-refractivity contribution in [2.24, 2.45) is 0 Å². The molecule has 0 radical (unpaired) electrons. The topological polar surface area (TPSA) is 26.1 Å². The van der Waals surface area contributed by atoms with E-state index in [1.54, 1.807) is 31.2 Å². The second kappa shape index (κ2) is 5.36. The monoisotopic (exact) mass is 279 g/mol. The van der Waals surface area contributed by atoms with Crippen molar-refractivity contribution in [2.45, 2.75) is 13.1 Å². The Morgan fingerprint density at radius 3 is 2.30 bits per heavy atom. The summed E-state index contributed by atoms with van der Waals surface area (Å²) >= 11 is 0. The summed E-state index contributed by atoms with van der Waals surface area (Å²) in [5, 5.41) is 11.9. The highest BCUT2D eigenvalue weighted by Crippen LogP contribution is 2.32. The summed E-state index contributed by atoms with van der Waals surface area (Å²) in [5.41, 5.74) is -0.191. The Kier molecular flexibility index (Phi) is 3.79. The van der Waals surface area contributed by atoms with Crippen molar-refractivity contribution in [1.29, 1.82) is 0 Å². The number of alkyl halides is 3. The molecule has 2 aromatic rings. The molecule has 0 heterocycles. The van der Waals surface area contributed by atoms with Crippen LogP contribution in [-0.4, -0.2) is 11.0 Å². The quantitative estimate of drug-likeness (QED) is 0.349. The Bertz CT molecular complexity index is 633. The van der Waals surface area contributed by atoms with E-state index in [2.05, 4.69) is 0 Å². The summed E-state index contributed by atoms with van der Waals surface area (Å²) in [6, 6.07) is 12.0. The van der Waals surface area contributed by atoms with Crippen LogP contribution >= 0.6 is 0 Å². The molecule has 0 bridgehead atoms. The van der Waals surface area contributed by atoms with Crippen LogP contribution in [0.15, 0.2) is 48.5 Å². The van der Waals surface area contributed by atoms with E-state index in [1.807, 2.05) is 0 Å². The molecule has 0 N–H and O–H groups in total. The van der Waals surface area contributed by atoms with E-state index in [1.165, 1.54) is 18.2 Å². The molecule has 2 rings (SSSR count). The first kappa shape index (κ1) is 14.1. The molecule has 2 aromatic carbocycles. The summed E-state index contributed by atoms with van der Waals surface area (Å²) in [6.07, 6.45) is -3.55. The zero-order valence-corrected chi connectivity index (χ0v) is 10.7. The maximum absolute atomic E-state index is 12.9. The Morgan fingerprint density at radius 2 is 1.70 bits per heavy atom. The normalized spacial score (nSPS) is 12.5. The van der Waals surface area contributed by atoms with Crippen LogP contribution in [0.2, 0.25) is 0 Å². The van der Waals surface area contributed by atoms with Crippen LogP contribution in [0.4, 0.5) is 18.9 Å². The van der Waals surface area contributed by atoms with Gasteiger partial charge in [0.2, 0.25) is 5.69 Å². The molecule has 20 heavy (non-hydrogen) atoms. The number of para-hydroxylation sites is 1. The molecule has 0 fully saturated rings. The van der Waals surface area contributed by atoms with Crippen molar-refractivity contribution in [3.05, 3.63) is 70.4 Å². The van der Waals surface area contributed by atoms with Crippen molar-refractivity contribution in [2.75, 3.05) is 0 Å². The molecule has 5 heteroatoms. The first-order chi connectivity index (χ1) is 9.38. The third-order valence-electron chi connectivity index (χ3n) is 2.78. The third kappa shape index (κ3) is 3.17. The van der Waals surface area contributed by atoms with Gasteiger partial charge in [-0.25, -0.2) is 0 Å². The van der Waals surface area contributed by atoms with Crippen LogP contribution in [0.5, 0.6) is 0 Å². The number of aryl methyl sites for hydroxylation is 1. The Balaban J connectivity index is 2.49. The van der Waals surface area contributed by atoms with Gasteiger partial charge in [-0.3, -0.25) is 0 Å². The molecule has 104 valence electrons. The van der Waals surface area contributed by atoms with E-state index >= 15 is 0 Å². The van der Waals surface area contributed by atoms with E-state index < -0.39 is 11.7 Å². The molecule has 0 spiro atoms. The predicted octanol–water partition coefficient (Wildman–Crippen LogP) is 4.27. The van der Waals surface area contributed by atoms with Crippen LogP contribution in [0, 0.1) is 12.1 Å². The van der Waals surface area contributed by atoms with Crippen LogP contribution in [0.25, 0.3) is 0 Å². The number of hydrogen-bond acceptors (Lipinski definition) is 1. The van der Waals surface area contributed by atoms with Crippen LogP contribution in [0.3, 0.4) is 0 Å². The number of rotatable bonds is 2. The largest absolute Gasteiger partial charge is 0.618 e. The highest BCUT2D eigenvalue weighted by atomic mass is 19.4. The van der Waals surface area contributed by atoms with Crippen molar-refractivity contribution in [3.63, 3.8) is 0 Å². The van der Waals surface area contributed by atoms with Gasteiger partial charge in [0.1, 0.15) is 0 Å². The zero-order valence-electron chi connectivity index (χ0n) is 10.7. The average molecular weight is 279 g/mol. The average Bonchev–Trinajstić information content (AvgIpc) is 2.40. The minimum atomic E-state index is -4.49. The minimum absolute atomic E-state index is 0.151. The molecule has 0 saturated heterocycles. The van der Waals surface area contributed by atoms with Gasteiger partial charge in [0, 0.05) is 12.1 Å². The summed E-state index contributed by atoms with van der Waals surface area (Å²) in [5.74, 6) is 0. The van der Waals surface area contributed by atoms with Gasteiger partial charge >= 0.3 is 6.18 Å². The number of nitrogens with zero attached hydrogens (tertiary/aromatic N) is 1. The fraction of sp³-hybridized carbons (Fsp3) is 0.133. The molecule has 0 aromatic heterocycles. The molecule has 2 nitrogen and oxygen atoms in total. The van der Waals surface area contributed by atoms with Gasteiger partial charge in [0.15, 0.2) is 6.21 Å². The molecule has 0 aliphatic heterocycles. The summed E-state index contributed by atoms with van der Waals surface area (Å²) < 4.78 is 39.3. The molecule has 0 aliphatic carbocycles. The van der Waals surface area contributed by atoms with E-state index in [0.29, 0.717) is 10.3 Å². The lowest BCUT2D eigenvalue weighted by molar-refractivity contribution is -0.354. The van der Waals surface area contributed by atoms with Gasteiger partial charge in [-0.15, -0.1) is 0 Å². The SMILES string of the molecule is Cc1ccc(C=[N+]([O-])c2ccccc2)c(C(F)(F)F)c1. The molecule has 0 unspecified atom stereocenters. The first-order valence-corrected chi connectivity index (χ1v) is 5.92. The van der Waals surface area contributed by atoms with Gasteiger partial charge in [-0.05, 0) is 19.1 Å². The maximum Gasteiger partial charge on any atom is 0.417 e. The summed E-state index contributed by atoms with van der Waals surface area (Å²) in [7, 11) is 0. The first-order valence-electron chi connectivity index (χ1n) is 5.92. The summed E-state index contributed by atoms with van der Waals surface area (Å²) in [6.45, 7) is 1.57. The van der Waals surface area contributed by atoms with Gasteiger partial charge in [-0.2, -0.15) is 17.9 Å². The maximum atomic E-state index is 12.9. The Labute approximate surface area is 114 Å². The smallest absolute Gasteiger partial charge is 0.417 e. The van der Waals surface area contributed by atoms with E-state index in [9.17, 15) is 18.4 Å². The van der Waals surface area contributed by atoms with E-state index in [4.69, 9.17) is 0 Å². The van der Waals surface area contributed by atoms with E-state index in [0.717, 1.165) is 12.3 Å². The standard InChI is InChI=1S/C15H12F3NO/c1-11-7-8-12(14(9-11)15(16,17)18)10-19(20)13-5-3-2-4-6-13/h2-10H,1H3. The van der Waals surface area contributed by atoms with Crippen LogP contribution in [-0.2, 0) is 6.18 Å². The molecule has 0 saturated carbocycles. The fourth-order valence-corrected chi connectivity index (χ4v) is 1.80. The number of hydrogen-bond donors (Lipinski definition) is 0. The zero-order chi connectivity index (χ0) is 14.8. The van der Waals surface area contributed by atoms with Crippen LogP contribution in [0.1, 0.15) is 16.7 Å². The predicted molar refractivity (Wildman–Crippen MR) is 71.1 cm³/mol. The highest BCUT2D eigenvalue weighted by Gasteiger charge is 2.33. The minimum Gasteiger partial charge on any atom is -0.618 e. The van der Waals surface area contributed by atoms with Gasteiger partial charge < -0.3 is 5.21 Å². The van der Waals surface area contributed by atoms with Crippen molar-refractivity contribution in [1.82, 2.24) is 0 Å². The lowest BCUT2D eigenvalue weighted by Crippen LogP contribution is -2.11. The lowest BCUT2D eigenvalue weighted by Gasteiger charge is -2.11. The van der Waals surface area contributed by atoms with Crippen molar-refractivity contribution >= 4 is 11.9 Å². The molecule has 0 aliphatic rings.